The number of aryl methyl sites for hydroxylation is 1. The van der Waals surface area contributed by atoms with Crippen LogP contribution in [-0.2, 0) is 0 Å². The number of carbonyl (C=O) groups excluding carboxylic acids is 1. The van der Waals surface area contributed by atoms with Gasteiger partial charge in [-0.05, 0) is 51.5 Å². The van der Waals surface area contributed by atoms with Crippen molar-refractivity contribution in [2.45, 2.75) is 33.2 Å². The van der Waals surface area contributed by atoms with Gasteiger partial charge >= 0.3 is 0 Å². The molecule has 24 heavy (non-hydrogen) atoms. The van der Waals surface area contributed by atoms with Gasteiger partial charge in [-0.3, -0.25) is 4.79 Å². The summed E-state index contributed by atoms with van der Waals surface area (Å²) in [4.78, 5) is 16.6. The number of benzene rings is 1. The molecule has 0 saturated heterocycles. The third-order valence-electron chi connectivity index (χ3n) is 3.24. The van der Waals surface area contributed by atoms with Crippen LogP contribution in [0.15, 0.2) is 30.5 Å². The Morgan fingerprint density at radius 3 is 2.50 bits per heavy atom. The average molecular weight is 348 g/mol. The van der Waals surface area contributed by atoms with E-state index in [9.17, 15) is 4.79 Å². The van der Waals surface area contributed by atoms with Crippen LogP contribution in [0.1, 0.15) is 36.8 Å². The number of hydrogen-bond acceptors (Lipinski definition) is 4. The molecule has 0 aliphatic heterocycles. The Hall–Kier alpha value is -2.27. The zero-order valence-electron chi connectivity index (χ0n) is 14.5. The first-order valence-corrected chi connectivity index (χ1v) is 7.97. The van der Waals surface area contributed by atoms with E-state index >= 15 is 0 Å². The number of aromatic nitrogens is 1. The molecule has 128 valence electrons. The van der Waals surface area contributed by atoms with Crippen LogP contribution in [0.2, 0.25) is 5.02 Å². The predicted octanol–water partition coefficient (Wildman–Crippen LogP) is 4.51. The first-order valence-electron chi connectivity index (χ1n) is 7.59. The maximum atomic E-state index is 12.4. The van der Waals surface area contributed by atoms with E-state index in [1.165, 1.54) is 7.11 Å². The van der Waals surface area contributed by atoms with Crippen LogP contribution in [0.25, 0.3) is 0 Å². The summed E-state index contributed by atoms with van der Waals surface area (Å²) in [7, 11) is 1.53. The van der Waals surface area contributed by atoms with Crippen molar-refractivity contribution in [2.24, 2.45) is 0 Å². The summed E-state index contributed by atoms with van der Waals surface area (Å²) in [5.41, 5.74) is 2.52. The molecule has 0 unspecified atom stereocenters. The maximum absolute atomic E-state index is 12.4. The van der Waals surface area contributed by atoms with Gasteiger partial charge in [0.05, 0.1) is 24.7 Å². The van der Waals surface area contributed by atoms with Crippen LogP contribution in [0.4, 0.5) is 11.4 Å². The molecule has 2 rings (SSSR count). The molecule has 2 N–H and O–H groups in total. The van der Waals surface area contributed by atoms with Crippen molar-refractivity contribution < 1.29 is 9.53 Å². The second-order valence-electron chi connectivity index (χ2n) is 6.56. The predicted molar refractivity (Wildman–Crippen MR) is 98.3 cm³/mol. The SMILES string of the molecule is COc1cc(Cl)c(C)cc1NC(=O)c1ccc(NC(C)(C)C)cn1. The van der Waals surface area contributed by atoms with Gasteiger partial charge in [-0.2, -0.15) is 0 Å². The van der Waals surface area contributed by atoms with Crippen molar-refractivity contribution in [1.82, 2.24) is 4.98 Å². The molecule has 0 fully saturated rings. The quantitative estimate of drug-likeness (QED) is 0.853. The summed E-state index contributed by atoms with van der Waals surface area (Å²) in [6.07, 6.45) is 1.64. The van der Waals surface area contributed by atoms with E-state index in [1.54, 1.807) is 24.4 Å². The highest BCUT2D eigenvalue weighted by Gasteiger charge is 2.14. The largest absolute Gasteiger partial charge is 0.495 e. The Kier molecular flexibility index (Phi) is 5.34. The van der Waals surface area contributed by atoms with E-state index in [1.807, 2.05) is 13.0 Å². The molecule has 0 spiro atoms. The molecule has 0 atom stereocenters. The Morgan fingerprint density at radius 2 is 1.96 bits per heavy atom. The first kappa shape index (κ1) is 18.1. The highest BCUT2D eigenvalue weighted by atomic mass is 35.5. The minimum absolute atomic E-state index is 0.0698. The van der Waals surface area contributed by atoms with E-state index in [4.69, 9.17) is 16.3 Å². The molecular weight excluding hydrogens is 326 g/mol. The second kappa shape index (κ2) is 7.09. The molecule has 1 aromatic carbocycles. The normalized spacial score (nSPS) is 11.1. The fourth-order valence-corrected chi connectivity index (χ4v) is 2.30. The summed E-state index contributed by atoms with van der Waals surface area (Å²) < 4.78 is 5.26. The Labute approximate surface area is 147 Å². The molecule has 0 radical (unpaired) electrons. The van der Waals surface area contributed by atoms with Crippen LogP contribution in [0.3, 0.4) is 0 Å². The molecule has 5 nitrogen and oxygen atoms in total. The number of anilines is 2. The van der Waals surface area contributed by atoms with Gasteiger partial charge in [0.15, 0.2) is 0 Å². The van der Waals surface area contributed by atoms with Gasteiger partial charge in [-0.25, -0.2) is 4.98 Å². The van der Waals surface area contributed by atoms with Crippen LogP contribution in [-0.4, -0.2) is 23.5 Å². The van der Waals surface area contributed by atoms with Gasteiger partial charge in [-0.15, -0.1) is 0 Å². The van der Waals surface area contributed by atoms with E-state index < -0.39 is 0 Å². The van der Waals surface area contributed by atoms with Crippen LogP contribution >= 0.6 is 11.6 Å². The fraction of sp³-hybridized carbons (Fsp3) is 0.333. The monoisotopic (exact) mass is 347 g/mol. The van der Waals surface area contributed by atoms with Gasteiger partial charge in [-0.1, -0.05) is 11.6 Å². The molecule has 2 aromatic rings. The number of pyridine rings is 1. The van der Waals surface area contributed by atoms with Crippen molar-refractivity contribution in [3.05, 3.63) is 46.7 Å². The molecule has 0 saturated carbocycles. The Balaban J connectivity index is 2.17. The van der Waals surface area contributed by atoms with Gasteiger partial charge < -0.3 is 15.4 Å². The lowest BCUT2D eigenvalue weighted by atomic mass is 10.1. The number of amides is 1. The molecule has 1 aromatic heterocycles. The van der Waals surface area contributed by atoms with E-state index in [0.29, 0.717) is 22.2 Å². The molecule has 0 aliphatic carbocycles. The number of hydrogen-bond donors (Lipinski definition) is 2. The van der Waals surface area contributed by atoms with E-state index in [-0.39, 0.29) is 11.4 Å². The van der Waals surface area contributed by atoms with Crippen LogP contribution in [0, 0.1) is 6.92 Å². The minimum atomic E-state index is -0.308. The topological polar surface area (TPSA) is 63.2 Å². The van der Waals surface area contributed by atoms with Crippen LogP contribution in [0.5, 0.6) is 5.75 Å². The van der Waals surface area contributed by atoms with Crippen molar-refractivity contribution in [3.8, 4) is 5.75 Å². The minimum Gasteiger partial charge on any atom is -0.495 e. The Morgan fingerprint density at radius 1 is 1.25 bits per heavy atom. The number of methoxy groups -OCH3 is 1. The van der Waals surface area contributed by atoms with Gasteiger partial charge in [0.2, 0.25) is 0 Å². The van der Waals surface area contributed by atoms with Crippen molar-refractivity contribution in [2.75, 3.05) is 17.7 Å². The Bertz CT molecular complexity index is 737. The number of nitrogens with one attached hydrogen (secondary N) is 2. The summed E-state index contributed by atoms with van der Waals surface area (Å²) in [5, 5.41) is 6.69. The fourth-order valence-electron chi connectivity index (χ4n) is 2.15. The molecule has 0 bridgehead atoms. The summed E-state index contributed by atoms with van der Waals surface area (Å²) in [5.74, 6) is 0.197. The number of halogens is 1. The summed E-state index contributed by atoms with van der Waals surface area (Å²) in [6.45, 7) is 8.04. The number of ether oxygens (including phenoxy) is 1. The molecule has 1 heterocycles. The third-order valence-corrected chi connectivity index (χ3v) is 3.65. The van der Waals surface area contributed by atoms with Gasteiger partial charge in [0, 0.05) is 16.6 Å². The van der Waals surface area contributed by atoms with Gasteiger partial charge in [0.1, 0.15) is 11.4 Å². The standard InChI is InChI=1S/C18H22ClN3O2/c1-11-8-15(16(24-5)9-13(11)19)21-17(23)14-7-6-12(10-20-14)22-18(2,3)4/h6-10,22H,1-5H3,(H,21,23). The highest BCUT2D eigenvalue weighted by Crippen LogP contribution is 2.31. The van der Waals surface area contributed by atoms with Crippen LogP contribution < -0.4 is 15.4 Å². The highest BCUT2D eigenvalue weighted by molar-refractivity contribution is 6.31. The zero-order valence-corrected chi connectivity index (χ0v) is 15.3. The van der Waals surface area contributed by atoms with Crippen molar-refractivity contribution in [3.63, 3.8) is 0 Å². The molecule has 1 amide bonds. The smallest absolute Gasteiger partial charge is 0.274 e. The number of rotatable bonds is 4. The van der Waals surface area contributed by atoms with Crippen molar-refractivity contribution >= 4 is 28.9 Å². The van der Waals surface area contributed by atoms with E-state index in [0.717, 1.165) is 11.3 Å². The average Bonchev–Trinajstić information content (AvgIpc) is 2.49. The lowest BCUT2D eigenvalue weighted by molar-refractivity contribution is 0.102. The lowest BCUT2D eigenvalue weighted by Gasteiger charge is -2.21. The maximum Gasteiger partial charge on any atom is 0.274 e. The zero-order chi connectivity index (χ0) is 17.9. The summed E-state index contributed by atoms with van der Waals surface area (Å²) in [6, 6.07) is 6.96. The number of nitrogens with zero attached hydrogens (tertiary/aromatic N) is 1. The third kappa shape index (κ3) is 4.61. The summed E-state index contributed by atoms with van der Waals surface area (Å²) >= 11 is 6.08. The second-order valence-corrected chi connectivity index (χ2v) is 6.97. The molecule has 6 heteroatoms. The van der Waals surface area contributed by atoms with Gasteiger partial charge in [0.25, 0.3) is 5.91 Å². The molecular formula is C18H22ClN3O2. The molecule has 0 aliphatic rings. The first-order chi connectivity index (χ1) is 11.2. The number of carbonyl (C=O) groups is 1. The van der Waals surface area contributed by atoms with E-state index in [2.05, 4.69) is 36.4 Å². The van der Waals surface area contributed by atoms with Crippen molar-refractivity contribution in [1.29, 1.82) is 0 Å². The lowest BCUT2D eigenvalue weighted by Crippen LogP contribution is -2.26.